The molecule has 0 saturated carbocycles. The van der Waals surface area contributed by atoms with Crippen molar-refractivity contribution >= 4 is 10.0 Å². The molecule has 0 aliphatic carbocycles. The van der Waals surface area contributed by atoms with Crippen molar-refractivity contribution in [3.8, 4) is 0 Å². The lowest BCUT2D eigenvalue weighted by Gasteiger charge is -2.31. The molecule has 2 heterocycles. The topological polar surface area (TPSA) is 64.4 Å². The number of sulfonamides is 1. The second-order valence-electron chi connectivity index (χ2n) is 4.52. The number of hydrogen-bond donors (Lipinski definition) is 0. The van der Waals surface area contributed by atoms with Crippen LogP contribution in [0, 0.1) is 0 Å². The molecule has 0 unspecified atom stereocenters. The highest BCUT2D eigenvalue weighted by molar-refractivity contribution is 7.89. The molecule has 6 nitrogen and oxygen atoms in total. The molecule has 0 spiro atoms. The molecule has 1 aliphatic heterocycles. The Morgan fingerprint density at radius 2 is 2.28 bits per heavy atom. The lowest BCUT2D eigenvalue weighted by Crippen LogP contribution is -2.40. The zero-order valence-corrected chi connectivity index (χ0v) is 11.8. The first-order valence-electron chi connectivity index (χ1n) is 5.97. The van der Waals surface area contributed by atoms with Crippen molar-refractivity contribution < 1.29 is 13.2 Å². The predicted molar refractivity (Wildman–Crippen MR) is 67.7 cm³/mol. The fourth-order valence-corrected chi connectivity index (χ4v) is 3.56. The summed E-state index contributed by atoms with van der Waals surface area (Å²) in [5.41, 5.74) is 2.06. The van der Waals surface area contributed by atoms with Gasteiger partial charge >= 0.3 is 0 Å². The van der Waals surface area contributed by atoms with E-state index in [0.717, 1.165) is 11.3 Å². The molecule has 0 fully saturated rings. The Morgan fingerprint density at radius 3 is 2.89 bits per heavy atom. The quantitative estimate of drug-likeness (QED) is 0.792. The van der Waals surface area contributed by atoms with Crippen molar-refractivity contribution in [2.45, 2.75) is 19.4 Å². The van der Waals surface area contributed by atoms with Gasteiger partial charge in [-0.1, -0.05) is 0 Å². The van der Waals surface area contributed by atoms with Gasteiger partial charge in [0.15, 0.2) is 0 Å². The monoisotopic (exact) mass is 273 g/mol. The minimum Gasteiger partial charge on any atom is -0.384 e. The molecule has 0 saturated heterocycles. The van der Waals surface area contributed by atoms with Crippen LogP contribution in [0.3, 0.4) is 0 Å². The molecule has 102 valence electrons. The third-order valence-electron chi connectivity index (χ3n) is 3.35. The van der Waals surface area contributed by atoms with Crippen molar-refractivity contribution in [1.29, 1.82) is 0 Å². The number of nitrogens with zero attached hydrogens (tertiary/aromatic N) is 3. The largest absolute Gasteiger partial charge is 0.384 e. The Labute approximate surface area is 108 Å². The van der Waals surface area contributed by atoms with Gasteiger partial charge in [-0.25, -0.2) is 8.42 Å². The number of aryl methyl sites for hydroxylation is 1. The maximum Gasteiger partial charge on any atom is 0.214 e. The van der Waals surface area contributed by atoms with E-state index in [1.165, 1.54) is 4.31 Å². The molecule has 0 bridgehead atoms. The first-order valence-corrected chi connectivity index (χ1v) is 7.58. The lowest BCUT2D eigenvalue weighted by atomic mass is 9.99. The van der Waals surface area contributed by atoms with E-state index in [4.69, 9.17) is 4.74 Å². The molecular formula is C11H19N3O3S. The van der Waals surface area contributed by atoms with Gasteiger partial charge in [0.05, 0.1) is 18.6 Å². The van der Waals surface area contributed by atoms with Crippen LogP contribution in [0.5, 0.6) is 0 Å². The van der Waals surface area contributed by atoms with E-state index in [1.807, 2.05) is 11.7 Å². The van der Waals surface area contributed by atoms with Gasteiger partial charge < -0.3 is 4.74 Å². The van der Waals surface area contributed by atoms with E-state index in [-0.39, 0.29) is 11.7 Å². The van der Waals surface area contributed by atoms with Crippen molar-refractivity contribution in [3.63, 3.8) is 0 Å². The van der Waals surface area contributed by atoms with Gasteiger partial charge in [-0.3, -0.25) is 4.68 Å². The molecule has 7 heteroatoms. The van der Waals surface area contributed by atoms with Crippen LogP contribution < -0.4 is 0 Å². The second-order valence-corrected chi connectivity index (χ2v) is 6.78. The number of methoxy groups -OCH3 is 1. The standard InChI is InChI=1S/C11H19N3O3S/c1-4-18(15,16)14-6-9-5-12-13(2)11(9)10(7-14)8-17-3/h5,10H,4,6-8H2,1-3H3/t10-/m1/s1. The Kier molecular flexibility index (Phi) is 3.74. The number of ether oxygens (including phenoxy) is 1. The van der Waals surface area contributed by atoms with Crippen molar-refractivity contribution in [2.24, 2.45) is 7.05 Å². The summed E-state index contributed by atoms with van der Waals surface area (Å²) in [5.74, 6) is 0.176. The Bertz CT molecular complexity index is 524. The SMILES string of the molecule is CCS(=O)(=O)N1Cc2cnn(C)c2[C@@H](COC)C1. The van der Waals surface area contributed by atoms with Gasteiger partial charge in [-0.15, -0.1) is 0 Å². The molecule has 1 aromatic rings. The van der Waals surface area contributed by atoms with E-state index in [9.17, 15) is 8.42 Å². The molecular weight excluding hydrogens is 254 g/mol. The van der Waals surface area contributed by atoms with E-state index in [2.05, 4.69) is 5.10 Å². The third kappa shape index (κ3) is 2.30. The molecule has 0 amide bonds. The van der Waals surface area contributed by atoms with E-state index in [0.29, 0.717) is 19.7 Å². The number of aromatic nitrogens is 2. The smallest absolute Gasteiger partial charge is 0.214 e. The Morgan fingerprint density at radius 1 is 1.56 bits per heavy atom. The molecule has 0 radical (unpaired) electrons. The number of rotatable bonds is 4. The van der Waals surface area contributed by atoms with Gasteiger partial charge in [0.25, 0.3) is 0 Å². The summed E-state index contributed by atoms with van der Waals surface area (Å²) < 4.78 is 32.5. The van der Waals surface area contributed by atoms with E-state index in [1.54, 1.807) is 20.2 Å². The van der Waals surface area contributed by atoms with Crippen molar-refractivity contribution in [3.05, 3.63) is 17.5 Å². The molecule has 1 atom stereocenters. The molecule has 0 aromatic carbocycles. The number of fused-ring (bicyclic) bond motifs is 1. The summed E-state index contributed by atoms with van der Waals surface area (Å²) in [4.78, 5) is 0. The van der Waals surface area contributed by atoms with E-state index >= 15 is 0 Å². The molecule has 0 N–H and O–H groups in total. The third-order valence-corrected chi connectivity index (χ3v) is 5.14. The van der Waals surface area contributed by atoms with Crippen molar-refractivity contribution in [1.82, 2.24) is 14.1 Å². The highest BCUT2D eigenvalue weighted by Crippen LogP contribution is 2.29. The Balaban J connectivity index is 2.35. The first kappa shape index (κ1) is 13.5. The van der Waals surface area contributed by atoms with Gasteiger partial charge in [-0.2, -0.15) is 9.40 Å². The van der Waals surface area contributed by atoms with Crippen LogP contribution in [0.4, 0.5) is 0 Å². The predicted octanol–water partition coefficient (Wildman–Crippen LogP) is 0.315. The average Bonchev–Trinajstić information content (AvgIpc) is 2.72. The van der Waals surface area contributed by atoms with E-state index < -0.39 is 10.0 Å². The lowest BCUT2D eigenvalue weighted by molar-refractivity contribution is 0.159. The normalized spacial score (nSPS) is 20.9. The minimum atomic E-state index is -3.17. The maximum absolute atomic E-state index is 12.0. The van der Waals surface area contributed by atoms with Crippen LogP contribution in [0.2, 0.25) is 0 Å². The Hall–Kier alpha value is -0.920. The van der Waals surface area contributed by atoms with Crippen LogP contribution in [-0.4, -0.2) is 48.5 Å². The number of hydrogen-bond acceptors (Lipinski definition) is 4. The summed E-state index contributed by atoms with van der Waals surface area (Å²) in [6, 6.07) is 0. The van der Waals surface area contributed by atoms with Gasteiger partial charge in [0.2, 0.25) is 10.0 Å². The van der Waals surface area contributed by atoms with Gasteiger partial charge in [0, 0.05) is 44.4 Å². The molecule has 1 aliphatic rings. The summed E-state index contributed by atoms with van der Waals surface area (Å²) in [6.07, 6.45) is 1.75. The first-order chi connectivity index (χ1) is 8.49. The summed E-state index contributed by atoms with van der Waals surface area (Å²) in [6.45, 7) is 3.05. The van der Waals surface area contributed by atoms with Crippen LogP contribution in [-0.2, 0) is 28.4 Å². The molecule has 18 heavy (non-hydrogen) atoms. The van der Waals surface area contributed by atoms with Crippen molar-refractivity contribution in [2.75, 3.05) is 26.0 Å². The summed E-state index contributed by atoms with van der Waals surface area (Å²) in [7, 11) is 0.344. The molecule has 2 rings (SSSR count). The highest BCUT2D eigenvalue weighted by atomic mass is 32.2. The fraction of sp³-hybridized carbons (Fsp3) is 0.727. The zero-order chi connectivity index (χ0) is 13.3. The fourth-order valence-electron chi connectivity index (χ4n) is 2.45. The zero-order valence-electron chi connectivity index (χ0n) is 11.0. The molecule has 1 aromatic heterocycles. The average molecular weight is 273 g/mol. The highest BCUT2D eigenvalue weighted by Gasteiger charge is 2.33. The summed E-state index contributed by atoms with van der Waals surface area (Å²) >= 11 is 0. The van der Waals surface area contributed by atoms with Crippen LogP contribution >= 0.6 is 0 Å². The van der Waals surface area contributed by atoms with Crippen LogP contribution in [0.1, 0.15) is 24.1 Å². The summed E-state index contributed by atoms with van der Waals surface area (Å²) in [5, 5.41) is 4.21. The second kappa shape index (κ2) is 4.99. The van der Waals surface area contributed by atoms with Crippen LogP contribution in [0.25, 0.3) is 0 Å². The maximum atomic E-state index is 12.0. The van der Waals surface area contributed by atoms with Gasteiger partial charge in [-0.05, 0) is 6.92 Å². The minimum absolute atomic E-state index is 0.0487. The van der Waals surface area contributed by atoms with Crippen LogP contribution in [0.15, 0.2) is 6.20 Å². The van der Waals surface area contributed by atoms with Gasteiger partial charge in [0.1, 0.15) is 0 Å².